The molecule has 7 heteroatoms. The predicted octanol–water partition coefficient (Wildman–Crippen LogP) is 2.71. The maximum absolute atomic E-state index is 13.1. The third-order valence-electron chi connectivity index (χ3n) is 4.88. The van der Waals surface area contributed by atoms with Gasteiger partial charge in [-0.1, -0.05) is 18.2 Å². The van der Waals surface area contributed by atoms with Crippen LogP contribution in [0.4, 0.5) is 11.4 Å². The number of carbonyl (C=O) groups excluding carboxylic acids is 2. The second-order valence-corrected chi connectivity index (χ2v) is 7.96. The number of rotatable bonds is 6. The molecule has 1 atom stereocenters. The quantitative estimate of drug-likeness (QED) is 0.831. The van der Waals surface area contributed by atoms with Crippen LogP contribution < -0.4 is 10.2 Å². The summed E-state index contributed by atoms with van der Waals surface area (Å²) >= 11 is 1.69. The fourth-order valence-corrected chi connectivity index (χ4v) is 4.36. The fourth-order valence-electron chi connectivity index (χ4n) is 3.62. The van der Waals surface area contributed by atoms with Crippen molar-refractivity contribution in [2.24, 2.45) is 0 Å². The van der Waals surface area contributed by atoms with Crippen LogP contribution in [0.25, 0.3) is 0 Å². The highest BCUT2D eigenvalue weighted by atomic mass is 32.1. The number of hydrogen-bond donors (Lipinski definition) is 1. The minimum absolute atomic E-state index is 0.0582. The lowest BCUT2D eigenvalue weighted by atomic mass is 10.2. The van der Waals surface area contributed by atoms with Gasteiger partial charge in [0.15, 0.2) is 0 Å². The average molecular weight is 385 g/mol. The Kier molecular flexibility index (Phi) is 5.52. The van der Waals surface area contributed by atoms with E-state index in [1.807, 2.05) is 35.7 Å². The largest absolute Gasteiger partial charge is 0.377 e. The van der Waals surface area contributed by atoms with Crippen molar-refractivity contribution in [3.63, 3.8) is 0 Å². The number of nitrogens with zero attached hydrogens (tertiary/aromatic N) is 2. The minimum atomic E-state index is -0.161. The smallest absolute Gasteiger partial charge is 0.244 e. The second-order valence-electron chi connectivity index (χ2n) is 6.93. The van der Waals surface area contributed by atoms with Gasteiger partial charge in [-0.2, -0.15) is 0 Å². The van der Waals surface area contributed by atoms with Crippen LogP contribution in [0, 0.1) is 0 Å². The molecule has 3 heterocycles. The van der Waals surface area contributed by atoms with E-state index in [0.29, 0.717) is 12.2 Å². The van der Waals surface area contributed by atoms with Crippen LogP contribution in [0.3, 0.4) is 0 Å². The molecular weight excluding hydrogens is 362 g/mol. The summed E-state index contributed by atoms with van der Waals surface area (Å²) in [5, 5.41) is 4.88. The van der Waals surface area contributed by atoms with Gasteiger partial charge in [-0.25, -0.2) is 0 Å². The number of thiophene rings is 1. The van der Waals surface area contributed by atoms with E-state index in [0.717, 1.165) is 31.7 Å². The Morgan fingerprint density at radius 3 is 2.96 bits per heavy atom. The third kappa shape index (κ3) is 4.37. The molecule has 27 heavy (non-hydrogen) atoms. The van der Waals surface area contributed by atoms with E-state index >= 15 is 0 Å². The fraction of sp³-hybridized carbons (Fsp3) is 0.400. The number of carbonyl (C=O) groups is 2. The van der Waals surface area contributed by atoms with Crippen LogP contribution in [0.1, 0.15) is 17.7 Å². The molecule has 1 saturated heterocycles. The minimum Gasteiger partial charge on any atom is -0.377 e. The first-order valence-electron chi connectivity index (χ1n) is 9.24. The molecule has 2 aliphatic rings. The molecule has 2 aliphatic heterocycles. The molecule has 1 aromatic heterocycles. The van der Waals surface area contributed by atoms with Gasteiger partial charge < -0.3 is 10.1 Å². The van der Waals surface area contributed by atoms with Crippen molar-refractivity contribution < 1.29 is 14.3 Å². The zero-order valence-electron chi connectivity index (χ0n) is 15.1. The standard InChI is InChI=1S/C20H23N3O3S/c24-19-13-23(18-8-2-1-7-17(18)21-19)20(25)14-22(11-15-5-3-9-26-15)12-16-6-4-10-27-16/h1-2,4,6-8,10,15H,3,5,9,11-14H2,(H,21,24)/t15-/m1/s1. The lowest BCUT2D eigenvalue weighted by molar-refractivity contribution is -0.123. The first kappa shape index (κ1) is 18.2. The monoisotopic (exact) mass is 385 g/mol. The molecule has 6 nitrogen and oxygen atoms in total. The van der Waals surface area contributed by atoms with Crippen molar-refractivity contribution >= 4 is 34.5 Å². The maximum Gasteiger partial charge on any atom is 0.244 e. The molecule has 0 spiro atoms. The summed E-state index contributed by atoms with van der Waals surface area (Å²) in [6.07, 6.45) is 2.28. The zero-order chi connectivity index (χ0) is 18.6. The second kappa shape index (κ2) is 8.21. The van der Waals surface area contributed by atoms with Crippen molar-refractivity contribution in [3.8, 4) is 0 Å². The molecule has 0 saturated carbocycles. The highest BCUT2D eigenvalue weighted by Gasteiger charge is 2.29. The van der Waals surface area contributed by atoms with Crippen molar-refractivity contribution in [1.29, 1.82) is 0 Å². The highest BCUT2D eigenvalue weighted by Crippen LogP contribution is 2.29. The lowest BCUT2D eigenvalue weighted by Crippen LogP contribution is -2.47. The summed E-state index contributed by atoms with van der Waals surface area (Å²) in [6.45, 7) is 2.56. The van der Waals surface area contributed by atoms with Crippen LogP contribution in [-0.4, -0.2) is 49.1 Å². The van der Waals surface area contributed by atoms with E-state index in [1.165, 1.54) is 4.88 Å². The Balaban J connectivity index is 1.49. The molecule has 142 valence electrons. The van der Waals surface area contributed by atoms with E-state index in [1.54, 1.807) is 16.2 Å². The van der Waals surface area contributed by atoms with E-state index in [4.69, 9.17) is 4.74 Å². The van der Waals surface area contributed by atoms with Crippen molar-refractivity contribution in [3.05, 3.63) is 46.7 Å². The van der Waals surface area contributed by atoms with Crippen LogP contribution >= 0.6 is 11.3 Å². The average Bonchev–Trinajstić information content (AvgIpc) is 3.35. The maximum atomic E-state index is 13.1. The topological polar surface area (TPSA) is 61.9 Å². The molecule has 0 unspecified atom stereocenters. The molecule has 1 fully saturated rings. The van der Waals surface area contributed by atoms with Crippen LogP contribution in [0.5, 0.6) is 0 Å². The van der Waals surface area contributed by atoms with Crippen molar-refractivity contribution in [1.82, 2.24) is 4.90 Å². The number of hydrogen-bond acceptors (Lipinski definition) is 5. The van der Waals surface area contributed by atoms with Crippen molar-refractivity contribution in [2.45, 2.75) is 25.5 Å². The zero-order valence-corrected chi connectivity index (χ0v) is 15.9. The van der Waals surface area contributed by atoms with Gasteiger partial charge in [-0.05, 0) is 36.4 Å². The van der Waals surface area contributed by atoms with Crippen molar-refractivity contribution in [2.75, 3.05) is 36.5 Å². The summed E-state index contributed by atoms with van der Waals surface area (Å²) < 4.78 is 5.78. The van der Waals surface area contributed by atoms with Gasteiger partial charge in [0.25, 0.3) is 0 Å². The Morgan fingerprint density at radius 2 is 2.19 bits per heavy atom. The van der Waals surface area contributed by atoms with E-state index in [9.17, 15) is 9.59 Å². The predicted molar refractivity (Wildman–Crippen MR) is 106 cm³/mol. The number of nitrogens with one attached hydrogen (secondary N) is 1. The number of para-hydroxylation sites is 2. The molecule has 1 N–H and O–H groups in total. The van der Waals surface area contributed by atoms with E-state index in [2.05, 4.69) is 16.3 Å². The van der Waals surface area contributed by atoms with Gasteiger partial charge in [0.2, 0.25) is 11.8 Å². The molecule has 2 amide bonds. The van der Waals surface area contributed by atoms with E-state index < -0.39 is 0 Å². The third-order valence-corrected chi connectivity index (χ3v) is 5.74. The van der Waals surface area contributed by atoms with Gasteiger partial charge in [0, 0.05) is 24.6 Å². The lowest BCUT2D eigenvalue weighted by Gasteiger charge is -2.32. The first-order valence-corrected chi connectivity index (χ1v) is 10.1. The van der Waals surface area contributed by atoms with Crippen LogP contribution in [0.2, 0.25) is 0 Å². The normalized spacial score (nSPS) is 19.2. The van der Waals surface area contributed by atoms with Crippen LogP contribution in [-0.2, 0) is 20.9 Å². The Morgan fingerprint density at radius 1 is 1.30 bits per heavy atom. The highest BCUT2D eigenvalue weighted by molar-refractivity contribution is 7.09. The summed E-state index contributed by atoms with van der Waals surface area (Å²) in [4.78, 5) is 30.1. The van der Waals surface area contributed by atoms with Crippen LogP contribution in [0.15, 0.2) is 41.8 Å². The number of benzene rings is 1. The number of fused-ring (bicyclic) bond motifs is 1. The number of ether oxygens (including phenoxy) is 1. The number of anilines is 2. The van der Waals surface area contributed by atoms with Gasteiger partial charge >= 0.3 is 0 Å². The van der Waals surface area contributed by atoms with Gasteiger partial charge in [0.05, 0.1) is 24.0 Å². The van der Waals surface area contributed by atoms with Gasteiger partial charge in [-0.15, -0.1) is 11.3 Å². The number of amides is 2. The van der Waals surface area contributed by atoms with Gasteiger partial charge in [0.1, 0.15) is 6.54 Å². The summed E-state index contributed by atoms with van der Waals surface area (Å²) in [5.74, 6) is -0.224. The Hall–Kier alpha value is -2.22. The van der Waals surface area contributed by atoms with Gasteiger partial charge in [-0.3, -0.25) is 19.4 Å². The summed E-state index contributed by atoms with van der Waals surface area (Å²) in [6, 6.07) is 11.5. The summed E-state index contributed by atoms with van der Waals surface area (Å²) in [5.41, 5.74) is 1.45. The SMILES string of the molecule is O=C1CN(C(=O)CN(Cc2cccs2)C[C@H]2CCCO2)c2ccccc2N1. The molecule has 1 aromatic carbocycles. The molecule has 2 aromatic rings. The summed E-state index contributed by atoms with van der Waals surface area (Å²) in [7, 11) is 0. The Labute approximate surface area is 162 Å². The Bertz CT molecular complexity index is 803. The first-order chi connectivity index (χ1) is 13.2. The molecule has 0 aliphatic carbocycles. The molecule has 0 bridgehead atoms. The molecular formula is C20H23N3O3S. The molecule has 4 rings (SSSR count). The molecule has 0 radical (unpaired) electrons. The van der Waals surface area contributed by atoms with E-state index in [-0.39, 0.29) is 31.0 Å².